The number of rotatable bonds is 4. The Hall–Kier alpha value is -2.71. The number of benzene rings is 1. The largest absolute Gasteiger partial charge is 0.445 e. The highest BCUT2D eigenvalue weighted by Gasteiger charge is 2.52. The minimum atomic E-state index is -0.0481. The molecule has 0 bridgehead atoms. The molecule has 0 amide bonds. The molecule has 3 saturated heterocycles. The molecule has 30 heavy (non-hydrogen) atoms. The summed E-state index contributed by atoms with van der Waals surface area (Å²) in [7, 11) is 0. The lowest BCUT2D eigenvalue weighted by Crippen LogP contribution is -2.62. The lowest BCUT2D eigenvalue weighted by molar-refractivity contribution is -0.0216. The van der Waals surface area contributed by atoms with E-state index in [9.17, 15) is 0 Å². The SMILES string of the molecule is c1ccc(C2CCN(C3COC4(C3)CN(c3nnco3)C4)CC2)c(-c2ncco2)c1. The fraction of sp³-hybridized carbons (Fsp3) is 0.500. The number of oxazole rings is 1. The van der Waals surface area contributed by atoms with Crippen molar-refractivity contribution in [3.05, 3.63) is 48.7 Å². The minimum Gasteiger partial charge on any atom is -0.445 e. The van der Waals surface area contributed by atoms with Crippen LogP contribution in [-0.2, 0) is 4.74 Å². The van der Waals surface area contributed by atoms with Gasteiger partial charge < -0.3 is 18.5 Å². The number of piperidine rings is 1. The Morgan fingerprint density at radius 1 is 1.07 bits per heavy atom. The zero-order chi connectivity index (χ0) is 20.0. The van der Waals surface area contributed by atoms with E-state index in [-0.39, 0.29) is 5.60 Å². The van der Waals surface area contributed by atoms with Crippen molar-refractivity contribution in [2.24, 2.45) is 0 Å². The normalized spacial score (nSPS) is 24.4. The van der Waals surface area contributed by atoms with Gasteiger partial charge >= 0.3 is 6.01 Å². The number of hydrogen-bond acceptors (Lipinski definition) is 8. The lowest BCUT2D eigenvalue weighted by Gasteiger charge is -2.46. The third kappa shape index (κ3) is 3.11. The molecule has 3 aliphatic rings. The zero-order valence-corrected chi connectivity index (χ0v) is 16.8. The van der Waals surface area contributed by atoms with Crippen LogP contribution in [0, 0.1) is 0 Å². The van der Waals surface area contributed by atoms with Crippen molar-refractivity contribution in [2.45, 2.75) is 36.8 Å². The number of anilines is 1. The van der Waals surface area contributed by atoms with E-state index >= 15 is 0 Å². The molecule has 8 heteroatoms. The predicted octanol–water partition coefficient (Wildman–Crippen LogP) is 2.95. The molecule has 3 aromatic rings. The average molecular weight is 407 g/mol. The summed E-state index contributed by atoms with van der Waals surface area (Å²) in [5.41, 5.74) is 2.43. The summed E-state index contributed by atoms with van der Waals surface area (Å²) in [5, 5.41) is 7.76. The summed E-state index contributed by atoms with van der Waals surface area (Å²) < 4.78 is 17.1. The van der Waals surface area contributed by atoms with Gasteiger partial charge in [0.1, 0.15) is 11.9 Å². The van der Waals surface area contributed by atoms with Crippen molar-refractivity contribution >= 4 is 6.01 Å². The molecule has 0 N–H and O–H groups in total. The van der Waals surface area contributed by atoms with Crippen LogP contribution in [0.4, 0.5) is 6.01 Å². The number of nitrogens with zero attached hydrogens (tertiary/aromatic N) is 5. The molecular formula is C22H25N5O3. The van der Waals surface area contributed by atoms with Gasteiger partial charge in [0.05, 0.1) is 25.9 Å². The van der Waals surface area contributed by atoms with E-state index in [0.29, 0.717) is 18.0 Å². The van der Waals surface area contributed by atoms with Crippen LogP contribution < -0.4 is 4.90 Å². The molecule has 0 radical (unpaired) electrons. The Kier molecular flexibility index (Phi) is 4.35. The molecule has 1 atom stereocenters. The van der Waals surface area contributed by atoms with Gasteiger partial charge in [-0.25, -0.2) is 4.98 Å². The molecular weight excluding hydrogens is 382 g/mol. The van der Waals surface area contributed by atoms with Gasteiger partial charge in [-0.2, -0.15) is 0 Å². The van der Waals surface area contributed by atoms with Crippen molar-refractivity contribution < 1.29 is 13.6 Å². The van der Waals surface area contributed by atoms with Crippen LogP contribution in [0.1, 0.15) is 30.7 Å². The van der Waals surface area contributed by atoms with Crippen LogP contribution in [0.5, 0.6) is 0 Å². The molecule has 5 heterocycles. The Labute approximate surface area is 174 Å². The standard InChI is InChI=1S/C22H25N5O3/c1-2-4-19(20-23-7-10-28-20)18(3-1)16-5-8-26(9-6-16)17-11-22(30-12-17)13-27(14-22)21-25-24-15-29-21/h1-4,7,10,15-17H,5-6,8-9,11-14H2. The molecule has 1 spiro atoms. The first kappa shape index (κ1) is 18.1. The smallest absolute Gasteiger partial charge is 0.318 e. The van der Waals surface area contributed by atoms with Gasteiger partial charge in [-0.05, 0) is 49.9 Å². The molecule has 8 nitrogen and oxygen atoms in total. The second-order valence-electron chi connectivity index (χ2n) is 8.66. The number of aromatic nitrogens is 3. The second kappa shape index (κ2) is 7.21. The van der Waals surface area contributed by atoms with Crippen molar-refractivity contribution in [1.29, 1.82) is 0 Å². The molecule has 1 aromatic carbocycles. The van der Waals surface area contributed by atoms with E-state index < -0.39 is 0 Å². The minimum absolute atomic E-state index is 0.0481. The quantitative estimate of drug-likeness (QED) is 0.653. The first-order chi connectivity index (χ1) is 14.8. The Morgan fingerprint density at radius 2 is 1.93 bits per heavy atom. The van der Waals surface area contributed by atoms with Crippen LogP contribution in [0.15, 0.2) is 52.0 Å². The molecule has 1 unspecified atom stereocenters. The van der Waals surface area contributed by atoms with E-state index in [4.69, 9.17) is 13.6 Å². The van der Waals surface area contributed by atoms with Crippen LogP contribution in [0.25, 0.3) is 11.5 Å². The van der Waals surface area contributed by atoms with Gasteiger partial charge in [0.2, 0.25) is 12.3 Å². The van der Waals surface area contributed by atoms with Crippen molar-refractivity contribution in [3.8, 4) is 11.5 Å². The third-order valence-corrected chi connectivity index (χ3v) is 6.88. The Balaban J connectivity index is 1.07. The first-order valence-corrected chi connectivity index (χ1v) is 10.7. The molecule has 2 aromatic heterocycles. The van der Waals surface area contributed by atoms with Crippen LogP contribution in [0.2, 0.25) is 0 Å². The zero-order valence-electron chi connectivity index (χ0n) is 16.8. The highest BCUT2D eigenvalue weighted by Crippen LogP contribution is 2.41. The maximum Gasteiger partial charge on any atom is 0.318 e. The summed E-state index contributed by atoms with van der Waals surface area (Å²) >= 11 is 0. The topological polar surface area (TPSA) is 80.7 Å². The van der Waals surface area contributed by atoms with Gasteiger partial charge in [-0.3, -0.25) is 4.90 Å². The van der Waals surface area contributed by atoms with E-state index in [1.54, 1.807) is 12.5 Å². The maximum absolute atomic E-state index is 6.26. The molecule has 0 aliphatic carbocycles. The second-order valence-corrected chi connectivity index (χ2v) is 8.66. The van der Waals surface area contributed by atoms with Crippen LogP contribution in [0.3, 0.4) is 0 Å². The van der Waals surface area contributed by atoms with Crippen molar-refractivity contribution in [1.82, 2.24) is 20.1 Å². The monoisotopic (exact) mass is 407 g/mol. The molecule has 3 fully saturated rings. The summed E-state index contributed by atoms with van der Waals surface area (Å²) in [6.45, 7) is 4.69. The summed E-state index contributed by atoms with van der Waals surface area (Å²) in [6, 6.07) is 9.62. The number of hydrogen-bond donors (Lipinski definition) is 0. The first-order valence-electron chi connectivity index (χ1n) is 10.7. The average Bonchev–Trinajstić information content (AvgIpc) is 3.54. The number of ether oxygens (including phenoxy) is 1. The van der Waals surface area contributed by atoms with Crippen molar-refractivity contribution in [3.63, 3.8) is 0 Å². The predicted molar refractivity (Wildman–Crippen MR) is 109 cm³/mol. The van der Waals surface area contributed by atoms with Crippen LogP contribution >= 0.6 is 0 Å². The summed E-state index contributed by atoms with van der Waals surface area (Å²) in [6.07, 6.45) is 8.11. The van der Waals surface area contributed by atoms with E-state index in [0.717, 1.165) is 63.5 Å². The fourth-order valence-corrected chi connectivity index (χ4v) is 5.34. The van der Waals surface area contributed by atoms with E-state index in [1.165, 1.54) is 12.0 Å². The van der Waals surface area contributed by atoms with Gasteiger partial charge in [0, 0.05) is 11.6 Å². The molecule has 6 rings (SSSR count). The van der Waals surface area contributed by atoms with E-state index in [1.807, 2.05) is 0 Å². The Bertz CT molecular complexity index is 976. The third-order valence-electron chi connectivity index (χ3n) is 6.88. The summed E-state index contributed by atoms with van der Waals surface area (Å²) in [4.78, 5) is 9.08. The highest BCUT2D eigenvalue weighted by atomic mass is 16.5. The molecule has 3 aliphatic heterocycles. The van der Waals surface area contributed by atoms with Gasteiger partial charge in [0.25, 0.3) is 0 Å². The van der Waals surface area contributed by atoms with Crippen LogP contribution in [-0.4, -0.2) is 64.5 Å². The molecule has 156 valence electrons. The fourth-order valence-electron chi connectivity index (χ4n) is 5.34. The number of likely N-dealkylation sites (tertiary alicyclic amines) is 1. The van der Waals surface area contributed by atoms with Gasteiger partial charge in [-0.15, -0.1) is 5.10 Å². The van der Waals surface area contributed by atoms with Gasteiger partial charge in [0.15, 0.2) is 0 Å². The lowest BCUT2D eigenvalue weighted by atomic mass is 9.85. The highest BCUT2D eigenvalue weighted by molar-refractivity contribution is 5.59. The maximum atomic E-state index is 6.26. The van der Waals surface area contributed by atoms with Crippen molar-refractivity contribution in [2.75, 3.05) is 37.7 Å². The molecule has 0 saturated carbocycles. The Morgan fingerprint density at radius 3 is 2.70 bits per heavy atom. The van der Waals surface area contributed by atoms with E-state index in [2.05, 4.69) is 49.2 Å². The van der Waals surface area contributed by atoms with Gasteiger partial charge in [-0.1, -0.05) is 23.3 Å². The summed E-state index contributed by atoms with van der Waals surface area (Å²) in [5.74, 6) is 1.26.